The molecule has 3 nitrogen and oxygen atoms in total. The lowest BCUT2D eigenvalue weighted by molar-refractivity contribution is 0.0505. The predicted molar refractivity (Wildman–Crippen MR) is 54.2 cm³/mol. The van der Waals surface area contributed by atoms with Crippen LogP contribution in [0.2, 0.25) is 0 Å². The Morgan fingerprint density at radius 1 is 1.50 bits per heavy atom. The Morgan fingerprint density at radius 2 is 2.36 bits per heavy atom. The summed E-state index contributed by atoms with van der Waals surface area (Å²) >= 11 is 0. The van der Waals surface area contributed by atoms with Crippen molar-refractivity contribution in [1.82, 2.24) is 0 Å². The summed E-state index contributed by atoms with van der Waals surface area (Å²) in [6, 6.07) is 6.20. The number of hydrogen-bond acceptors (Lipinski definition) is 3. The molecule has 3 heteroatoms. The maximum Gasteiger partial charge on any atom is 0.188 e. The van der Waals surface area contributed by atoms with Crippen LogP contribution < -0.4 is 10.5 Å². The van der Waals surface area contributed by atoms with Crippen LogP contribution in [0, 0.1) is 0 Å². The van der Waals surface area contributed by atoms with Gasteiger partial charge in [-0.1, -0.05) is 12.1 Å². The fraction of sp³-hybridized carbons (Fsp3) is 0.455. The van der Waals surface area contributed by atoms with E-state index < -0.39 is 0 Å². The summed E-state index contributed by atoms with van der Waals surface area (Å²) < 4.78 is 10.3. The summed E-state index contributed by atoms with van der Waals surface area (Å²) in [4.78, 5) is 0. The van der Waals surface area contributed by atoms with Gasteiger partial charge < -0.3 is 15.2 Å². The van der Waals surface area contributed by atoms with Crippen molar-refractivity contribution in [2.75, 3.05) is 13.9 Å². The van der Waals surface area contributed by atoms with Crippen molar-refractivity contribution in [2.45, 2.75) is 18.9 Å². The Kier molecular flexibility index (Phi) is 2.70. The van der Waals surface area contributed by atoms with Crippen LogP contribution >= 0.6 is 0 Å². The van der Waals surface area contributed by atoms with Gasteiger partial charge in [-0.15, -0.1) is 0 Å². The molecule has 0 bridgehead atoms. The van der Waals surface area contributed by atoms with Crippen LogP contribution in [0.15, 0.2) is 18.2 Å². The molecule has 0 aromatic heterocycles. The first kappa shape index (κ1) is 9.49. The molecule has 14 heavy (non-hydrogen) atoms. The molecule has 2 N–H and O–H groups in total. The van der Waals surface area contributed by atoms with Crippen LogP contribution in [0.25, 0.3) is 0 Å². The average molecular weight is 193 g/mol. The zero-order valence-electron chi connectivity index (χ0n) is 8.32. The molecule has 0 radical (unpaired) electrons. The van der Waals surface area contributed by atoms with E-state index in [-0.39, 0.29) is 6.04 Å². The van der Waals surface area contributed by atoms with Gasteiger partial charge in [0.25, 0.3) is 0 Å². The molecule has 2 rings (SSSR count). The summed E-state index contributed by atoms with van der Waals surface area (Å²) in [6.45, 7) is 0.297. The maximum atomic E-state index is 5.96. The van der Waals surface area contributed by atoms with E-state index in [1.807, 2.05) is 12.1 Å². The fourth-order valence-corrected chi connectivity index (χ4v) is 1.91. The van der Waals surface area contributed by atoms with Crippen molar-refractivity contribution in [3.05, 3.63) is 29.3 Å². The minimum absolute atomic E-state index is 0.177. The summed E-state index contributed by atoms with van der Waals surface area (Å²) in [5.74, 6) is 0.914. The van der Waals surface area contributed by atoms with Crippen molar-refractivity contribution >= 4 is 0 Å². The predicted octanol–water partition coefficient (Wildman–Crippen LogP) is 1.62. The lowest BCUT2D eigenvalue weighted by Crippen LogP contribution is -2.05. The molecule has 1 aliphatic carbocycles. The van der Waals surface area contributed by atoms with Gasteiger partial charge in [0.15, 0.2) is 6.79 Å². The highest BCUT2D eigenvalue weighted by molar-refractivity contribution is 5.44. The molecule has 0 heterocycles. The molecular weight excluding hydrogens is 178 g/mol. The molecule has 1 atom stereocenters. The molecule has 76 valence electrons. The van der Waals surface area contributed by atoms with E-state index in [4.69, 9.17) is 15.2 Å². The van der Waals surface area contributed by atoms with Crippen molar-refractivity contribution in [2.24, 2.45) is 5.73 Å². The van der Waals surface area contributed by atoms with Crippen molar-refractivity contribution in [1.29, 1.82) is 0 Å². The first-order valence-electron chi connectivity index (χ1n) is 4.82. The fourth-order valence-electron chi connectivity index (χ4n) is 1.91. The monoisotopic (exact) mass is 193 g/mol. The third-order valence-electron chi connectivity index (χ3n) is 2.61. The minimum atomic E-state index is 0.177. The lowest BCUT2D eigenvalue weighted by Gasteiger charge is -2.10. The van der Waals surface area contributed by atoms with Gasteiger partial charge in [0, 0.05) is 13.2 Å². The second-order valence-corrected chi connectivity index (χ2v) is 3.52. The topological polar surface area (TPSA) is 44.5 Å². The van der Waals surface area contributed by atoms with Gasteiger partial charge in [-0.25, -0.2) is 0 Å². The quantitative estimate of drug-likeness (QED) is 0.742. The van der Waals surface area contributed by atoms with Crippen LogP contribution in [0.1, 0.15) is 23.6 Å². The van der Waals surface area contributed by atoms with Crippen molar-refractivity contribution in [3.63, 3.8) is 0 Å². The zero-order valence-corrected chi connectivity index (χ0v) is 8.32. The molecule has 1 aliphatic rings. The summed E-state index contributed by atoms with van der Waals surface area (Å²) in [5, 5.41) is 0. The number of benzene rings is 1. The number of nitrogens with two attached hydrogens (primary N) is 1. The lowest BCUT2D eigenvalue weighted by atomic mass is 10.1. The van der Waals surface area contributed by atoms with E-state index in [1.54, 1.807) is 7.11 Å². The minimum Gasteiger partial charge on any atom is -0.467 e. The molecule has 0 spiro atoms. The largest absolute Gasteiger partial charge is 0.467 e. The Labute approximate surface area is 83.8 Å². The van der Waals surface area contributed by atoms with Gasteiger partial charge in [-0.3, -0.25) is 0 Å². The molecule has 1 unspecified atom stereocenters. The third kappa shape index (κ3) is 1.61. The molecule has 1 aromatic rings. The SMILES string of the molecule is COCOc1cccc2c1CCC2N. The van der Waals surface area contributed by atoms with Crippen LogP contribution in [-0.2, 0) is 11.2 Å². The number of ether oxygens (including phenoxy) is 2. The molecule has 0 saturated heterocycles. The second kappa shape index (κ2) is 3.98. The molecule has 0 saturated carbocycles. The van der Waals surface area contributed by atoms with Gasteiger partial charge in [0.1, 0.15) is 5.75 Å². The molecule has 0 amide bonds. The van der Waals surface area contributed by atoms with Crippen LogP contribution in [0.4, 0.5) is 0 Å². The number of hydrogen-bond donors (Lipinski definition) is 1. The highest BCUT2D eigenvalue weighted by Gasteiger charge is 2.21. The molecule has 0 fully saturated rings. The molecule has 0 aliphatic heterocycles. The Balaban J connectivity index is 2.25. The number of rotatable bonds is 3. The zero-order chi connectivity index (χ0) is 9.97. The maximum absolute atomic E-state index is 5.96. The van der Waals surface area contributed by atoms with Crippen LogP contribution in [-0.4, -0.2) is 13.9 Å². The van der Waals surface area contributed by atoms with Gasteiger partial charge >= 0.3 is 0 Å². The first-order chi connectivity index (χ1) is 6.83. The van der Waals surface area contributed by atoms with E-state index >= 15 is 0 Å². The summed E-state index contributed by atoms with van der Waals surface area (Å²) in [5.41, 5.74) is 8.43. The van der Waals surface area contributed by atoms with E-state index in [9.17, 15) is 0 Å². The normalized spacial score (nSPS) is 19.4. The molecule has 1 aromatic carbocycles. The van der Waals surface area contributed by atoms with E-state index in [0.29, 0.717) is 6.79 Å². The van der Waals surface area contributed by atoms with E-state index in [1.165, 1.54) is 11.1 Å². The van der Waals surface area contributed by atoms with Gasteiger partial charge in [-0.2, -0.15) is 0 Å². The number of methoxy groups -OCH3 is 1. The number of fused-ring (bicyclic) bond motifs is 1. The Hall–Kier alpha value is -1.06. The highest BCUT2D eigenvalue weighted by atomic mass is 16.7. The van der Waals surface area contributed by atoms with Crippen molar-refractivity contribution in [3.8, 4) is 5.75 Å². The Bertz CT molecular complexity index is 325. The standard InChI is InChI=1S/C11H15NO2/c1-13-7-14-11-4-2-3-8-9(11)5-6-10(8)12/h2-4,10H,5-7,12H2,1H3. The van der Waals surface area contributed by atoms with Crippen molar-refractivity contribution < 1.29 is 9.47 Å². The highest BCUT2D eigenvalue weighted by Crippen LogP contribution is 2.35. The van der Waals surface area contributed by atoms with Gasteiger partial charge in [0.05, 0.1) is 0 Å². The summed E-state index contributed by atoms with van der Waals surface area (Å²) in [6.07, 6.45) is 2.03. The van der Waals surface area contributed by atoms with Gasteiger partial charge in [-0.05, 0) is 30.0 Å². The average Bonchev–Trinajstić information content (AvgIpc) is 2.58. The van der Waals surface area contributed by atoms with E-state index in [0.717, 1.165) is 18.6 Å². The van der Waals surface area contributed by atoms with E-state index in [2.05, 4.69) is 6.07 Å². The van der Waals surface area contributed by atoms with Crippen LogP contribution in [0.3, 0.4) is 0 Å². The second-order valence-electron chi connectivity index (χ2n) is 3.52. The first-order valence-corrected chi connectivity index (χ1v) is 4.82. The molecular formula is C11H15NO2. The summed E-state index contributed by atoms with van der Waals surface area (Å²) in [7, 11) is 1.62. The van der Waals surface area contributed by atoms with Gasteiger partial charge in [0.2, 0.25) is 0 Å². The smallest absolute Gasteiger partial charge is 0.188 e. The Morgan fingerprint density at radius 3 is 3.14 bits per heavy atom. The third-order valence-corrected chi connectivity index (χ3v) is 2.61. The van der Waals surface area contributed by atoms with Crippen LogP contribution in [0.5, 0.6) is 5.75 Å².